The lowest BCUT2D eigenvalue weighted by molar-refractivity contribution is -0.144. The summed E-state index contributed by atoms with van der Waals surface area (Å²) in [6.07, 6.45) is -1.24. The Hall–Kier alpha value is -2.16. The van der Waals surface area contributed by atoms with Gasteiger partial charge in [-0.1, -0.05) is 0 Å². The summed E-state index contributed by atoms with van der Waals surface area (Å²) in [5.74, 6) is -4.64. The Morgan fingerprint density at radius 2 is 1.65 bits per heavy atom. The maximum absolute atomic E-state index is 11.3. The highest BCUT2D eigenvalue weighted by Crippen LogP contribution is 1.95. The molecule has 0 saturated heterocycles. The molecule has 2 amide bonds. The maximum atomic E-state index is 11.3. The van der Waals surface area contributed by atoms with E-state index in [2.05, 4.69) is 0 Å². The van der Waals surface area contributed by atoms with Crippen LogP contribution in [0.25, 0.3) is 0 Å². The topological polar surface area (TPSA) is 173 Å². The summed E-state index contributed by atoms with van der Waals surface area (Å²) >= 11 is 0. The summed E-state index contributed by atoms with van der Waals surface area (Å²) in [5.41, 5.74) is 9.98. The smallest absolute Gasteiger partial charge is 0.326 e. The van der Waals surface area contributed by atoms with Crippen molar-refractivity contribution in [3.8, 4) is 0 Å². The summed E-state index contributed by atoms with van der Waals surface area (Å²) in [6.45, 7) is 0. The first-order valence-electron chi connectivity index (χ1n) is 4.53. The molecule has 0 aliphatic carbocycles. The molecule has 0 aromatic carbocycles. The number of nitrogens with two attached hydrogens (primary N) is 2. The molecule has 0 fully saturated rings. The number of carbonyl (C=O) groups excluding carboxylic acids is 2. The van der Waals surface area contributed by atoms with Crippen molar-refractivity contribution in [2.75, 3.05) is 0 Å². The van der Waals surface area contributed by atoms with Gasteiger partial charge in [-0.2, -0.15) is 0 Å². The van der Waals surface area contributed by atoms with Crippen LogP contribution in [0.15, 0.2) is 0 Å². The third-order valence-electron chi connectivity index (χ3n) is 1.75. The molecule has 96 valence electrons. The molecular formula is C8H13N3O6. The SMILES string of the molecule is NC(=O)C[C@H](NC(=O)[C@@H](N)CC(=O)O)C(=O)O. The number of aliphatic carboxylic acids is 2. The van der Waals surface area contributed by atoms with Crippen molar-refractivity contribution in [1.82, 2.24) is 5.32 Å². The summed E-state index contributed by atoms with van der Waals surface area (Å²) in [6, 6.07) is -2.90. The zero-order valence-electron chi connectivity index (χ0n) is 8.75. The zero-order valence-corrected chi connectivity index (χ0v) is 8.75. The Kier molecular flexibility index (Phi) is 5.61. The second kappa shape index (κ2) is 6.43. The van der Waals surface area contributed by atoms with Crippen molar-refractivity contribution in [1.29, 1.82) is 0 Å². The molecule has 2 atom stereocenters. The predicted octanol–water partition coefficient (Wildman–Crippen LogP) is -2.77. The Labute approximate surface area is 95.8 Å². The number of carboxylic acids is 2. The van der Waals surface area contributed by atoms with Gasteiger partial charge in [0.25, 0.3) is 0 Å². The van der Waals surface area contributed by atoms with Gasteiger partial charge in [0.05, 0.1) is 18.9 Å². The molecule has 0 rings (SSSR count). The molecule has 0 aromatic rings. The van der Waals surface area contributed by atoms with Gasteiger partial charge in [0.15, 0.2) is 0 Å². The molecule has 0 saturated carbocycles. The lowest BCUT2D eigenvalue weighted by atomic mass is 10.1. The van der Waals surface area contributed by atoms with Crippen LogP contribution in [0.3, 0.4) is 0 Å². The van der Waals surface area contributed by atoms with Crippen LogP contribution in [0.1, 0.15) is 12.8 Å². The average molecular weight is 247 g/mol. The van der Waals surface area contributed by atoms with E-state index in [1.807, 2.05) is 5.32 Å². The lowest BCUT2D eigenvalue weighted by Gasteiger charge is -2.15. The molecular weight excluding hydrogens is 234 g/mol. The van der Waals surface area contributed by atoms with Gasteiger partial charge >= 0.3 is 11.9 Å². The van der Waals surface area contributed by atoms with E-state index < -0.39 is 48.7 Å². The van der Waals surface area contributed by atoms with Crippen LogP contribution in [-0.4, -0.2) is 46.0 Å². The number of hydrogen-bond donors (Lipinski definition) is 5. The number of rotatable bonds is 7. The van der Waals surface area contributed by atoms with Crippen LogP contribution >= 0.6 is 0 Å². The van der Waals surface area contributed by atoms with Crippen LogP contribution in [0.5, 0.6) is 0 Å². The molecule has 17 heavy (non-hydrogen) atoms. The van der Waals surface area contributed by atoms with Gasteiger partial charge in [-0.05, 0) is 0 Å². The number of amides is 2. The van der Waals surface area contributed by atoms with Crippen molar-refractivity contribution < 1.29 is 29.4 Å². The maximum Gasteiger partial charge on any atom is 0.326 e. The quantitative estimate of drug-likeness (QED) is 0.323. The number of primary amides is 1. The normalized spacial score (nSPS) is 13.5. The van der Waals surface area contributed by atoms with Gasteiger partial charge < -0.3 is 27.0 Å². The van der Waals surface area contributed by atoms with Crippen molar-refractivity contribution in [2.24, 2.45) is 11.5 Å². The van der Waals surface area contributed by atoms with Gasteiger partial charge in [0, 0.05) is 0 Å². The summed E-state index contributed by atoms with van der Waals surface area (Å²) in [7, 11) is 0. The van der Waals surface area contributed by atoms with Crippen molar-refractivity contribution >= 4 is 23.8 Å². The van der Waals surface area contributed by atoms with E-state index >= 15 is 0 Å². The van der Waals surface area contributed by atoms with Gasteiger partial charge in [-0.3, -0.25) is 14.4 Å². The minimum absolute atomic E-state index is 0.596. The molecule has 9 heteroatoms. The van der Waals surface area contributed by atoms with E-state index in [1.165, 1.54) is 0 Å². The predicted molar refractivity (Wildman–Crippen MR) is 53.6 cm³/mol. The Morgan fingerprint density at radius 3 is 2.00 bits per heavy atom. The number of hydrogen-bond acceptors (Lipinski definition) is 5. The largest absolute Gasteiger partial charge is 0.481 e. The third-order valence-corrected chi connectivity index (χ3v) is 1.75. The molecule has 9 nitrogen and oxygen atoms in total. The van der Waals surface area contributed by atoms with Crippen molar-refractivity contribution in [2.45, 2.75) is 24.9 Å². The molecule has 0 aromatic heterocycles. The van der Waals surface area contributed by atoms with E-state index in [0.29, 0.717) is 0 Å². The Morgan fingerprint density at radius 1 is 1.12 bits per heavy atom. The highest BCUT2D eigenvalue weighted by Gasteiger charge is 2.25. The highest BCUT2D eigenvalue weighted by atomic mass is 16.4. The van der Waals surface area contributed by atoms with Gasteiger partial charge in [0.1, 0.15) is 6.04 Å². The number of carboxylic acid groups (broad SMARTS) is 2. The third kappa shape index (κ3) is 6.10. The summed E-state index contributed by atoms with van der Waals surface area (Å²) in [5, 5.41) is 19.0. The van der Waals surface area contributed by atoms with Crippen LogP contribution in [0.2, 0.25) is 0 Å². The molecule has 7 N–H and O–H groups in total. The fraction of sp³-hybridized carbons (Fsp3) is 0.500. The minimum Gasteiger partial charge on any atom is -0.481 e. The molecule has 0 bridgehead atoms. The van der Waals surface area contributed by atoms with Crippen molar-refractivity contribution in [3.05, 3.63) is 0 Å². The second-order valence-corrected chi connectivity index (χ2v) is 3.27. The van der Waals surface area contributed by atoms with Gasteiger partial charge in [-0.25, -0.2) is 4.79 Å². The monoisotopic (exact) mass is 247 g/mol. The Bertz CT molecular complexity index is 342. The highest BCUT2D eigenvalue weighted by molar-refractivity contribution is 5.91. The molecule has 0 unspecified atom stereocenters. The first kappa shape index (κ1) is 14.8. The van der Waals surface area contributed by atoms with E-state index in [-0.39, 0.29) is 0 Å². The number of nitrogens with one attached hydrogen (secondary N) is 1. The van der Waals surface area contributed by atoms with Crippen LogP contribution < -0.4 is 16.8 Å². The summed E-state index contributed by atoms with van der Waals surface area (Å²) < 4.78 is 0. The Balaban J connectivity index is 4.44. The zero-order chi connectivity index (χ0) is 13.6. The summed E-state index contributed by atoms with van der Waals surface area (Å²) in [4.78, 5) is 42.7. The molecule has 0 heterocycles. The first-order valence-corrected chi connectivity index (χ1v) is 4.53. The van der Waals surface area contributed by atoms with Gasteiger partial charge in [-0.15, -0.1) is 0 Å². The van der Waals surface area contributed by atoms with Crippen LogP contribution in [-0.2, 0) is 19.2 Å². The lowest BCUT2D eigenvalue weighted by Crippen LogP contribution is -2.50. The fourth-order valence-corrected chi connectivity index (χ4v) is 0.961. The van der Waals surface area contributed by atoms with Crippen LogP contribution in [0.4, 0.5) is 0 Å². The molecule has 0 radical (unpaired) electrons. The molecule has 0 spiro atoms. The van der Waals surface area contributed by atoms with E-state index in [4.69, 9.17) is 21.7 Å². The second-order valence-electron chi connectivity index (χ2n) is 3.27. The van der Waals surface area contributed by atoms with Crippen molar-refractivity contribution in [3.63, 3.8) is 0 Å². The van der Waals surface area contributed by atoms with E-state index in [9.17, 15) is 19.2 Å². The standard InChI is InChI=1S/C8H13N3O6/c9-3(1-6(13)14)7(15)11-4(8(16)17)2-5(10)12/h3-4H,1-2,9H2,(H2,10,12)(H,11,15)(H,13,14)(H,16,17)/t3-,4-/m0/s1. The molecule has 0 aliphatic heterocycles. The van der Waals surface area contributed by atoms with E-state index in [0.717, 1.165) is 0 Å². The fourth-order valence-electron chi connectivity index (χ4n) is 0.961. The molecule has 0 aliphatic rings. The van der Waals surface area contributed by atoms with Crippen LogP contribution in [0, 0.1) is 0 Å². The van der Waals surface area contributed by atoms with Gasteiger partial charge in [0.2, 0.25) is 11.8 Å². The number of carbonyl (C=O) groups is 4. The average Bonchev–Trinajstić information content (AvgIpc) is 2.14. The first-order chi connectivity index (χ1) is 7.73. The minimum atomic E-state index is -1.51. The van der Waals surface area contributed by atoms with E-state index in [1.54, 1.807) is 0 Å².